The molecule has 0 spiro atoms. The molecule has 1 saturated heterocycles. The van der Waals surface area contributed by atoms with Gasteiger partial charge in [0, 0.05) is 43.7 Å². The Morgan fingerprint density at radius 3 is 2.37 bits per heavy atom. The number of piperazine rings is 1. The molecule has 5 nitrogen and oxygen atoms in total. The number of benzene rings is 1. The maximum atomic E-state index is 13.2. The normalized spacial score (nSPS) is 18.1. The van der Waals surface area contributed by atoms with E-state index in [9.17, 15) is 18.0 Å². The fourth-order valence-electron chi connectivity index (χ4n) is 3.75. The average molecular weight is 461 g/mol. The number of hydrogen-bond donors (Lipinski definition) is 0. The molecule has 1 aromatic carbocycles. The van der Waals surface area contributed by atoms with Crippen molar-refractivity contribution in [2.24, 2.45) is 0 Å². The third kappa shape index (κ3) is 4.60. The molecule has 162 valence electrons. The van der Waals surface area contributed by atoms with Crippen molar-refractivity contribution in [3.63, 3.8) is 0 Å². The highest BCUT2D eigenvalue weighted by atomic mass is 35.5. The van der Waals surface area contributed by atoms with Gasteiger partial charge >= 0.3 is 6.18 Å². The van der Waals surface area contributed by atoms with E-state index < -0.39 is 11.9 Å². The van der Waals surface area contributed by atoms with Gasteiger partial charge in [0.2, 0.25) is 5.91 Å². The Labute approximate surface area is 182 Å². The molecule has 0 atom stereocenters. The summed E-state index contributed by atoms with van der Waals surface area (Å²) in [5.41, 5.74) is 0.247. The van der Waals surface area contributed by atoms with Gasteiger partial charge in [-0.3, -0.25) is 14.4 Å². The van der Waals surface area contributed by atoms with E-state index in [-0.39, 0.29) is 23.4 Å². The summed E-state index contributed by atoms with van der Waals surface area (Å²) in [6.07, 6.45) is -3.12. The van der Waals surface area contributed by atoms with E-state index in [0.29, 0.717) is 43.4 Å². The van der Waals surface area contributed by atoms with Crippen LogP contribution in [-0.2, 0) is 24.1 Å². The van der Waals surface area contributed by atoms with Crippen LogP contribution in [0.3, 0.4) is 0 Å². The Morgan fingerprint density at radius 1 is 1.10 bits per heavy atom. The molecule has 10 heteroatoms. The van der Waals surface area contributed by atoms with Crippen LogP contribution in [0, 0.1) is 0 Å². The fraction of sp³-hybridized carbons (Fsp3) is 0.500. The van der Waals surface area contributed by atoms with Crippen LogP contribution in [0.25, 0.3) is 0 Å². The molecule has 1 aromatic heterocycles. The van der Waals surface area contributed by atoms with E-state index in [0.717, 1.165) is 23.1 Å². The zero-order valence-electron chi connectivity index (χ0n) is 16.1. The first kappa shape index (κ1) is 21.5. The fourth-order valence-corrected chi connectivity index (χ4v) is 4.34. The second kappa shape index (κ2) is 8.40. The van der Waals surface area contributed by atoms with Crippen molar-refractivity contribution in [2.45, 2.75) is 38.0 Å². The highest BCUT2D eigenvalue weighted by Gasteiger charge is 2.42. The monoisotopic (exact) mass is 460 g/mol. The first-order valence-corrected chi connectivity index (χ1v) is 10.6. The predicted molar refractivity (Wildman–Crippen MR) is 108 cm³/mol. The lowest BCUT2D eigenvalue weighted by Crippen LogP contribution is -2.49. The predicted octanol–water partition coefficient (Wildman–Crippen LogP) is 4.43. The van der Waals surface area contributed by atoms with E-state index in [1.165, 1.54) is 0 Å². The largest absolute Gasteiger partial charge is 0.436 e. The van der Waals surface area contributed by atoms with Crippen molar-refractivity contribution in [3.05, 3.63) is 51.3 Å². The molecule has 1 saturated carbocycles. The van der Waals surface area contributed by atoms with Gasteiger partial charge in [-0.2, -0.15) is 18.3 Å². The number of carbonyl (C=O) groups is 1. The summed E-state index contributed by atoms with van der Waals surface area (Å²) < 4.78 is 40.7. The summed E-state index contributed by atoms with van der Waals surface area (Å²) in [6.45, 7) is 2.80. The molecule has 1 amide bonds. The smallest absolute Gasteiger partial charge is 0.339 e. The van der Waals surface area contributed by atoms with Gasteiger partial charge in [0.25, 0.3) is 0 Å². The summed E-state index contributed by atoms with van der Waals surface area (Å²) in [6, 6.07) is 7.63. The zero-order chi connectivity index (χ0) is 21.5. The van der Waals surface area contributed by atoms with Crippen LogP contribution in [0.5, 0.6) is 0 Å². The van der Waals surface area contributed by atoms with E-state index in [2.05, 4.69) is 10.00 Å². The van der Waals surface area contributed by atoms with Gasteiger partial charge in [-0.1, -0.05) is 41.4 Å². The van der Waals surface area contributed by atoms with Crippen molar-refractivity contribution in [1.82, 2.24) is 19.6 Å². The molecule has 2 fully saturated rings. The van der Waals surface area contributed by atoms with Crippen LogP contribution in [0.1, 0.15) is 35.7 Å². The van der Waals surface area contributed by atoms with Crippen LogP contribution in [0.2, 0.25) is 10.0 Å². The number of rotatable bonds is 5. The van der Waals surface area contributed by atoms with Gasteiger partial charge in [0.1, 0.15) is 6.54 Å². The molecule has 1 aliphatic heterocycles. The van der Waals surface area contributed by atoms with Crippen LogP contribution < -0.4 is 0 Å². The van der Waals surface area contributed by atoms with Crippen LogP contribution in [0.15, 0.2) is 24.3 Å². The Balaban J connectivity index is 1.39. The van der Waals surface area contributed by atoms with Crippen molar-refractivity contribution < 1.29 is 18.0 Å². The van der Waals surface area contributed by atoms with Crippen LogP contribution >= 0.6 is 23.2 Å². The van der Waals surface area contributed by atoms with Crippen LogP contribution in [0.4, 0.5) is 13.2 Å². The molecule has 2 aliphatic rings. The number of nitrogens with zero attached hydrogens (tertiary/aromatic N) is 4. The number of hydrogen-bond acceptors (Lipinski definition) is 3. The van der Waals surface area contributed by atoms with E-state index in [1.54, 1.807) is 4.90 Å². The standard InChI is InChI=1S/C20H21Cl2F3N4O/c21-15-4-2-1-3-14(15)11-27-7-9-28(10-8-27)16(30)12-29-18(13-5-6-13)17(22)19(26-29)20(23,24)25/h1-4,13H,5-12H2. The topological polar surface area (TPSA) is 41.4 Å². The van der Waals surface area contributed by atoms with Crippen molar-refractivity contribution in [2.75, 3.05) is 26.2 Å². The zero-order valence-corrected chi connectivity index (χ0v) is 17.6. The molecule has 0 radical (unpaired) electrons. The van der Waals surface area contributed by atoms with Gasteiger partial charge in [0.05, 0.1) is 10.7 Å². The first-order chi connectivity index (χ1) is 14.2. The highest BCUT2D eigenvalue weighted by Crippen LogP contribution is 2.46. The maximum Gasteiger partial charge on any atom is 0.436 e. The molecule has 2 aromatic rings. The molecule has 0 bridgehead atoms. The number of carbonyl (C=O) groups excluding carboxylic acids is 1. The lowest BCUT2D eigenvalue weighted by molar-refractivity contribution is -0.142. The minimum atomic E-state index is -4.64. The van der Waals surface area contributed by atoms with Gasteiger partial charge in [-0.15, -0.1) is 0 Å². The Kier molecular flexibility index (Phi) is 6.01. The second-order valence-electron chi connectivity index (χ2n) is 7.73. The van der Waals surface area contributed by atoms with Crippen LogP contribution in [-0.4, -0.2) is 51.7 Å². The third-order valence-corrected chi connectivity index (χ3v) is 6.27. The lowest BCUT2D eigenvalue weighted by atomic mass is 10.2. The molecular weight excluding hydrogens is 440 g/mol. The molecule has 1 aliphatic carbocycles. The third-order valence-electron chi connectivity index (χ3n) is 5.53. The van der Waals surface area contributed by atoms with Crippen molar-refractivity contribution >= 4 is 29.1 Å². The molecule has 0 unspecified atom stereocenters. The number of aromatic nitrogens is 2. The van der Waals surface area contributed by atoms with Gasteiger partial charge in [0.15, 0.2) is 5.69 Å². The first-order valence-electron chi connectivity index (χ1n) is 9.81. The van der Waals surface area contributed by atoms with E-state index in [1.807, 2.05) is 24.3 Å². The van der Waals surface area contributed by atoms with E-state index >= 15 is 0 Å². The van der Waals surface area contributed by atoms with Crippen molar-refractivity contribution in [3.8, 4) is 0 Å². The Morgan fingerprint density at radius 2 is 1.77 bits per heavy atom. The number of halogens is 5. The van der Waals surface area contributed by atoms with Gasteiger partial charge < -0.3 is 4.90 Å². The summed E-state index contributed by atoms with van der Waals surface area (Å²) in [5.74, 6) is -0.302. The summed E-state index contributed by atoms with van der Waals surface area (Å²) in [7, 11) is 0. The molecule has 30 heavy (non-hydrogen) atoms. The number of amides is 1. The maximum absolute atomic E-state index is 13.2. The molecule has 0 N–H and O–H groups in total. The quantitative estimate of drug-likeness (QED) is 0.662. The molecule has 2 heterocycles. The Hall–Kier alpha value is -1.77. The van der Waals surface area contributed by atoms with Crippen molar-refractivity contribution in [1.29, 1.82) is 0 Å². The summed E-state index contributed by atoms with van der Waals surface area (Å²) in [5, 5.41) is 3.98. The SMILES string of the molecule is O=C(Cn1nc(C(F)(F)F)c(Cl)c1C1CC1)N1CCN(Cc2ccccc2Cl)CC1. The van der Waals surface area contributed by atoms with Gasteiger partial charge in [-0.05, 0) is 24.5 Å². The highest BCUT2D eigenvalue weighted by molar-refractivity contribution is 6.32. The van der Waals surface area contributed by atoms with E-state index in [4.69, 9.17) is 23.2 Å². The molecular formula is C20H21Cl2F3N4O. The Bertz CT molecular complexity index is 935. The summed E-state index contributed by atoms with van der Waals surface area (Å²) in [4.78, 5) is 16.6. The summed E-state index contributed by atoms with van der Waals surface area (Å²) >= 11 is 12.2. The average Bonchev–Trinajstić information content (AvgIpc) is 3.47. The molecule has 4 rings (SSSR count). The number of alkyl halides is 3. The second-order valence-corrected chi connectivity index (χ2v) is 8.51. The lowest BCUT2D eigenvalue weighted by Gasteiger charge is -2.35. The van der Waals surface area contributed by atoms with Gasteiger partial charge in [-0.25, -0.2) is 0 Å². The minimum Gasteiger partial charge on any atom is -0.339 e. The minimum absolute atomic E-state index is 0.0543.